The van der Waals surface area contributed by atoms with Crippen LogP contribution in [0.5, 0.6) is 17.2 Å². The maximum atomic E-state index is 12.3. The quantitative estimate of drug-likeness (QED) is 0.811. The summed E-state index contributed by atoms with van der Waals surface area (Å²) in [4.78, 5) is 12.3. The van der Waals surface area contributed by atoms with E-state index in [1.165, 1.54) is 26.4 Å². The molecule has 0 aliphatic carbocycles. The van der Waals surface area contributed by atoms with Crippen molar-refractivity contribution in [2.45, 2.75) is 12.7 Å². The molecule has 0 bridgehead atoms. The third-order valence-electron chi connectivity index (χ3n) is 3.43. The van der Waals surface area contributed by atoms with Crippen molar-refractivity contribution in [1.82, 2.24) is 5.32 Å². The Morgan fingerprint density at radius 1 is 1.00 bits per heavy atom. The molecule has 0 aliphatic rings. The standard InChI is InChI=1S/C18H18F3NO4/c1-24-14-7-8-16(25-2)15(9-14)17(23)22-10-12-3-5-13(6-4-12)26-11-18(19,20)21/h3-9H,10-11H2,1-2H3,(H,22,23). The second-order valence-electron chi connectivity index (χ2n) is 5.30. The molecule has 5 nitrogen and oxygen atoms in total. The number of alkyl halides is 3. The van der Waals surface area contributed by atoms with Crippen LogP contribution in [0.15, 0.2) is 42.5 Å². The van der Waals surface area contributed by atoms with Crippen molar-refractivity contribution in [3.8, 4) is 17.2 Å². The lowest BCUT2D eigenvalue weighted by atomic mass is 10.1. The first-order chi connectivity index (χ1) is 12.3. The Hall–Kier alpha value is -2.90. The lowest BCUT2D eigenvalue weighted by molar-refractivity contribution is -0.153. The second-order valence-corrected chi connectivity index (χ2v) is 5.30. The molecular weight excluding hydrogens is 351 g/mol. The summed E-state index contributed by atoms with van der Waals surface area (Å²) in [7, 11) is 2.95. The molecule has 1 amide bonds. The number of benzene rings is 2. The number of carbonyl (C=O) groups is 1. The minimum absolute atomic E-state index is 0.104. The Morgan fingerprint density at radius 3 is 2.23 bits per heavy atom. The summed E-state index contributed by atoms with van der Waals surface area (Å²) >= 11 is 0. The molecule has 0 saturated heterocycles. The molecule has 8 heteroatoms. The van der Waals surface area contributed by atoms with Gasteiger partial charge in [-0.3, -0.25) is 4.79 Å². The van der Waals surface area contributed by atoms with Gasteiger partial charge >= 0.3 is 6.18 Å². The molecule has 0 aromatic heterocycles. The van der Waals surface area contributed by atoms with Crippen LogP contribution in [-0.4, -0.2) is 32.9 Å². The Bertz CT molecular complexity index is 745. The molecule has 26 heavy (non-hydrogen) atoms. The number of ether oxygens (including phenoxy) is 3. The highest BCUT2D eigenvalue weighted by atomic mass is 19.4. The van der Waals surface area contributed by atoms with Gasteiger partial charge in [-0.05, 0) is 35.9 Å². The first kappa shape index (κ1) is 19.4. The molecule has 0 unspecified atom stereocenters. The third-order valence-corrected chi connectivity index (χ3v) is 3.43. The summed E-state index contributed by atoms with van der Waals surface area (Å²) in [5, 5.41) is 2.72. The zero-order valence-electron chi connectivity index (χ0n) is 14.2. The minimum atomic E-state index is -4.39. The van der Waals surface area contributed by atoms with E-state index in [9.17, 15) is 18.0 Å². The first-order valence-corrected chi connectivity index (χ1v) is 7.61. The number of carbonyl (C=O) groups excluding carboxylic acids is 1. The fourth-order valence-electron chi connectivity index (χ4n) is 2.14. The molecule has 0 fully saturated rings. The van der Waals surface area contributed by atoms with E-state index in [0.29, 0.717) is 22.6 Å². The lowest BCUT2D eigenvalue weighted by Gasteiger charge is -2.12. The molecule has 0 aliphatic heterocycles. The van der Waals surface area contributed by atoms with Gasteiger partial charge in [0.2, 0.25) is 0 Å². The van der Waals surface area contributed by atoms with Crippen LogP contribution in [0.25, 0.3) is 0 Å². The summed E-state index contributed by atoms with van der Waals surface area (Å²) in [5.41, 5.74) is 1.02. The number of hydrogen-bond donors (Lipinski definition) is 1. The maximum absolute atomic E-state index is 12.3. The van der Waals surface area contributed by atoms with E-state index in [-0.39, 0.29) is 18.2 Å². The highest BCUT2D eigenvalue weighted by Crippen LogP contribution is 2.24. The number of amides is 1. The average molecular weight is 369 g/mol. The van der Waals surface area contributed by atoms with E-state index in [1.54, 1.807) is 30.3 Å². The fourth-order valence-corrected chi connectivity index (χ4v) is 2.14. The predicted octanol–water partition coefficient (Wildman–Crippen LogP) is 3.57. The van der Waals surface area contributed by atoms with Crippen LogP contribution in [-0.2, 0) is 6.54 Å². The maximum Gasteiger partial charge on any atom is 0.422 e. The topological polar surface area (TPSA) is 56.8 Å². The van der Waals surface area contributed by atoms with Crippen molar-refractivity contribution in [2.75, 3.05) is 20.8 Å². The van der Waals surface area contributed by atoms with Gasteiger partial charge < -0.3 is 19.5 Å². The zero-order valence-corrected chi connectivity index (χ0v) is 14.2. The van der Waals surface area contributed by atoms with Gasteiger partial charge in [-0.15, -0.1) is 0 Å². The molecular formula is C18H18F3NO4. The minimum Gasteiger partial charge on any atom is -0.497 e. The number of hydrogen-bond acceptors (Lipinski definition) is 4. The third kappa shape index (κ3) is 5.58. The van der Waals surface area contributed by atoms with Crippen molar-refractivity contribution in [2.24, 2.45) is 0 Å². The van der Waals surface area contributed by atoms with E-state index < -0.39 is 12.8 Å². The zero-order chi connectivity index (χ0) is 19.2. The molecule has 140 valence electrons. The van der Waals surface area contributed by atoms with Gasteiger partial charge in [0.1, 0.15) is 17.2 Å². The largest absolute Gasteiger partial charge is 0.497 e. The molecule has 1 N–H and O–H groups in total. The van der Waals surface area contributed by atoms with Crippen molar-refractivity contribution in [1.29, 1.82) is 0 Å². The SMILES string of the molecule is COc1ccc(OC)c(C(=O)NCc2ccc(OCC(F)(F)F)cc2)c1. The monoisotopic (exact) mass is 369 g/mol. The van der Waals surface area contributed by atoms with Crippen molar-refractivity contribution < 1.29 is 32.2 Å². The number of methoxy groups -OCH3 is 2. The average Bonchev–Trinajstić information content (AvgIpc) is 2.64. The summed E-state index contributed by atoms with van der Waals surface area (Å²) in [5.74, 6) is 0.659. The van der Waals surface area contributed by atoms with Crippen LogP contribution in [0.1, 0.15) is 15.9 Å². The van der Waals surface area contributed by atoms with Gasteiger partial charge in [0.25, 0.3) is 5.91 Å². The second kappa shape index (κ2) is 8.46. The molecule has 2 aromatic rings. The number of rotatable bonds is 7. The number of halogens is 3. The molecule has 2 aromatic carbocycles. The molecule has 0 saturated carbocycles. The highest BCUT2D eigenvalue weighted by Gasteiger charge is 2.28. The smallest absolute Gasteiger partial charge is 0.422 e. The van der Waals surface area contributed by atoms with Crippen molar-refractivity contribution >= 4 is 5.91 Å². The Kier molecular flexibility index (Phi) is 6.32. The van der Waals surface area contributed by atoms with Crippen molar-refractivity contribution in [3.63, 3.8) is 0 Å². The first-order valence-electron chi connectivity index (χ1n) is 7.61. The Balaban J connectivity index is 1.97. The molecule has 0 atom stereocenters. The van der Waals surface area contributed by atoms with Crippen LogP contribution in [0.4, 0.5) is 13.2 Å². The van der Waals surface area contributed by atoms with Gasteiger partial charge in [0.15, 0.2) is 6.61 Å². The Morgan fingerprint density at radius 2 is 1.65 bits per heavy atom. The van der Waals surface area contributed by atoms with Gasteiger partial charge in [-0.2, -0.15) is 13.2 Å². The van der Waals surface area contributed by atoms with Crippen LogP contribution >= 0.6 is 0 Å². The molecule has 0 radical (unpaired) electrons. The van der Waals surface area contributed by atoms with Gasteiger partial charge in [-0.25, -0.2) is 0 Å². The molecule has 2 rings (SSSR count). The lowest BCUT2D eigenvalue weighted by Crippen LogP contribution is -2.23. The van der Waals surface area contributed by atoms with E-state index in [4.69, 9.17) is 9.47 Å². The van der Waals surface area contributed by atoms with E-state index >= 15 is 0 Å². The van der Waals surface area contributed by atoms with E-state index in [1.807, 2.05) is 0 Å². The highest BCUT2D eigenvalue weighted by molar-refractivity contribution is 5.97. The van der Waals surface area contributed by atoms with E-state index in [0.717, 1.165) is 0 Å². The van der Waals surface area contributed by atoms with Crippen LogP contribution in [0, 0.1) is 0 Å². The van der Waals surface area contributed by atoms with Crippen LogP contribution in [0.2, 0.25) is 0 Å². The van der Waals surface area contributed by atoms with Crippen LogP contribution in [0.3, 0.4) is 0 Å². The van der Waals surface area contributed by atoms with Gasteiger partial charge in [-0.1, -0.05) is 12.1 Å². The summed E-state index contributed by atoms with van der Waals surface area (Å²) in [6.45, 7) is -1.16. The Labute approximate surface area is 148 Å². The van der Waals surface area contributed by atoms with Crippen molar-refractivity contribution in [3.05, 3.63) is 53.6 Å². The summed E-state index contributed by atoms with van der Waals surface area (Å²) in [6.07, 6.45) is -4.39. The fraction of sp³-hybridized carbons (Fsp3) is 0.278. The molecule has 0 heterocycles. The van der Waals surface area contributed by atoms with Gasteiger partial charge in [0.05, 0.1) is 19.8 Å². The van der Waals surface area contributed by atoms with Gasteiger partial charge in [0, 0.05) is 6.54 Å². The molecule has 0 spiro atoms. The van der Waals surface area contributed by atoms with Crippen LogP contribution < -0.4 is 19.5 Å². The van der Waals surface area contributed by atoms with E-state index in [2.05, 4.69) is 10.1 Å². The summed E-state index contributed by atoms with van der Waals surface area (Å²) < 4.78 is 51.2. The summed E-state index contributed by atoms with van der Waals surface area (Å²) in [6, 6.07) is 10.8. The predicted molar refractivity (Wildman–Crippen MR) is 88.7 cm³/mol. The number of nitrogens with one attached hydrogen (secondary N) is 1. The normalized spacial score (nSPS) is 11.0.